The Balaban J connectivity index is 2.04. The largest absolute Gasteiger partial charge is 0.497 e. The van der Waals surface area contributed by atoms with E-state index in [4.69, 9.17) is 37.9 Å². The van der Waals surface area contributed by atoms with Gasteiger partial charge in [0.05, 0.1) is 50.8 Å². The second-order valence-corrected chi connectivity index (χ2v) is 13.4. The topological polar surface area (TPSA) is 114 Å². The summed E-state index contributed by atoms with van der Waals surface area (Å²) in [6.07, 6.45) is 11.3. The summed E-state index contributed by atoms with van der Waals surface area (Å²) in [7, 11) is 4.87. The van der Waals surface area contributed by atoms with Crippen LogP contribution in [-0.2, 0) is 39.8 Å². The Bertz CT molecular complexity index is 1010. The molecule has 0 bridgehead atoms. The zero-order valence-corrected chi connectivity index (χ0v) is 30.7. The van der Waals surface area contributed by atoms with Crippen LogP contribution in [0, 0.1) is 11.8 Å². The van der Waals surface area contributed by atoms with Crippen molar-refractivity contribution in [2.75, 3.05) is 41.5 Å². The van der Waals surface area contributed by atoms with Crippen LogP contribution in [0.2, 0.25) is 0 Å². The SMILES string of the molecule is COCO[C@@H](CC[C@@H](C)[C@H](OCc1ccc(OC)cc1)[C@@H]1COC(C)(C)O1)[C@H](C)[C@@H](C[C@@H](O)CC/C=C/C=C\CC[C@H](C)O)OCOC. The number of hydrogen-bond acceptors (Lipinski definition) is 10. The third kappa shape index (κ3) is 16.7. The molecular weight excluding hydrogens is 616 g/mol. The first-order valence-electron chi connectivity index (χ1n) is 17.4. The Morgan fingerprint density at radius 2 is 1.46 bits per heavy atom. The molecule has 10 heteroatoms. The summed E-state index contributed by atoms with van der Waals surface area (Å²) < 4.78 is 47.0. The highest BCUT2D eigenvalue weighted by atomic mass is 16.7. The third-order valence-electron chi connectivity index (χ3n) is 8.74. The summed E-state index contributed by atoms with van der Waals surface area (Å²) in [5, 5.41) is 20.3. The summed E-state index contributed by atoms with van der Waals surface area (Å²) in [6, 6.07) is 7.89. The number of hydrogen-bond donors (Lipinski definition) is 2. The van der Waals surface area contributed by atoms with Crippen LogP contribution in [0.25, 0.3) is 0 Å². The van der Waals surface area contributed by atoms with Crippen molar-refractivity contribution in [1.82, 2.24) is 0 Å². The molecule has 0 unspecified atom stereocenters. The standard InChI is InChI=1S/C38H64O10/c1-28(37(36-25-47-38(4,5)48-36)44-24-31-18-20-33(43-8)21-19-31)17-22-34(45-26-41-6)30(3)35(46-27-42-7)23-32(40)16-14-12-10-9-11-13-15-29(2)39/h9-12,18-21,28-30,32,34-37,39-40H,13-17,22-27H2,1-8H3/b11-9-,12-10+/t28-,29+,30+,32+,34+,35-,36+,37+/m1/s1. The van der Waals surface area contributed by atoms with Crippen molar-refractivity contribution < 1.29 is 48.1 Å². The highest BCUT2D eigenvalue weighted by molar-refractivity contribution is 5.26. The Morgan fingerprint density at radius 3 is 2.02 bits per heavy atom. The van der Waals surface area contributed by atoms with Crippen molar-refractivity contribution >= 4 is 0 Å². The van der Waals surface area contributed by atoms with E-state index in [0.717, 1.165) is 43.4 Å². The van der Waals surface area contributed by atoms with Crippen LogP contribution < -0.4 is 4.74 Å². The average Bonchev–Trinajstić information content (AvgIpc) is 3.42. The second kappa shape index (κ2) is 23.5. The normalized spacial score (nSPS) is 20.9. The molecule has 1 aliphatic rings. The van der Waals surface area contributed by atoms with Crippen molar-refractivity contribution in [3.8, 4) is 5.75 Å². The van der Waals surface area contributed by atoms with Gasteiger partial charge in [-0.15, -0.1) is 0 Å². The van der Waals surface area contributed by atoms with E-state index < -0.39 is 11.9 Å². The molecule has 2 rings (SSSR count). The smallest absolute Gasteiger partial charge is 0.163 e. The lowest BCUT2D eigenvalue weighted by Gasteiger charge is -2.34. The molecule has 0 saturated carbocycles. The van der Waals surface area contributed by atoms with Gasteiger partial charge in [0.25, 0.3) is 0 Å². The van der Waals surface area contributed by atoms with E-state index in [0.29, 0.717) is 26.1 Å². The summed E-state index contributed by atoms with van der Waals surface area (Å²) >= 11 is 0. The Kier molecular flexibility index (Phi) is 20.7. The van der Waals surface area contributed by atoms with Crippen LogP contribution in [0.15, 0.2) is 48.6 Å². The van der Waals surface area contributed by atoms with E-state index >= 15 is 0 Å². The Hall–Kier alpha value is -1.86. The zero-order chi connectivity index (χ0) is 35.4. The number of benzene rings is 1. The van der Waals surface area contributed by atoms with Gasteiger partial charge >= 0.3 is 0 Å². The number of aliphatic hydroxyl groups is 2. The molecule has 1 aliphatic heterocycles. The number of allylic oxidation sites excluding steroid dienone is 4. The van der Waals surface area contributed by atoms with Crippen LogP contribution in [0.5, 0.6) is 5.75 Å². The van der Waals surface area contributed by atoms with Gasteiger partial charge in [-0.05, 0) is 89.3 Å². The molecule has 2 N–H and O–H groups in total. The van der Waals surface area contributed by atoms with E-state index in [2.05, 4.69) is 19.9 Å². The highest BCUT2D eigenvalue weighted by Crippen LogP contribution is 2.32. The van der Waals surface area contributed by atoms with Gasteiger partial charge in [-0.2, -0.15) is 0 Å². The summed E-state index contributed by atoms with van der Waals surface area (Å²) in [6.45, 7) is 11.1. The van der Waals surface area contributed by atoms with E-state index in [9.17, 15) is 10.2 Å². The van der Waals surface area contributed by atoms with Gasteiger partial charge in [0.2, 0.25) is 0 Å². The molecule has 0 radical (unpaired) electrons. The van der Waals surface area contributed by atoms with Crippen LogP contribution >= 0.6 is 0 Å². The van der Waals surface area contributed by atoms with E-state index in [1.807, 2.05) is 56.3 Å². The summed E-state index contributed by atoms with van der Waals surface area (Å²) in [5.74, 6) is 0.222. The van der Waals surface area contributed by atoms with Crippen molar-refractivity contribution in [2.24, 2.45) is 11.8 Å². The molecular formula is C38H64O10. The molecule has 0 spiro atoms. The minimum absolute atomic E-state index is 0.0480. The fourth-order valence-corrected chi connectivity index (χ4v) is 5.87. The molecule has 276 valence electrons. The van der Waals surface area contributed by atoms with Crippen molar-refractivity contribution in [3.05, 3.63) is 54.1 Å². The minimum Gasteiger partial charge on any atom is -0.497 e. The highest BCUT2D eigenvalue weighted by Gasteiger charge is 2.40. The molecule has 1 aromatic rings. The third-order valence-corrected chi connectivity index (χ3v) is 8.74. The zero-order valence-electron chi connectivity index (χ0n) is 30.7. The molecule has 0 amide bonds. The summed E-state index contributed by atoms with van der Waals surface area (Å²) in [5.41, 5.74) is 1.05. The molecule has 0 aromatic heterocycles. The summed E-state index contributed by atoms with van der Waals surface area (Å²) in [4.78, 5) is 0. The maximum absolute atomic E-state index is 10.9. The van der Waals surface area contributed by atoms with E-state index in [1.54, 1.807) is 28.3 Å². The Labute approximate surface area is 289 Å². The molecule has 1 saturated heterocycles. The molecule has 1 heterocycles. The van der Waals surface area contributed by atoms with Gasteiger partial charge < -0.3 is 48.1 Å². The van der Waals surface area contributed by atoms with Crippen molar-refractivity contribution in [1.29, 1.82) is 0 Å². The second-order valence-electron chi connectivity index (χ2n) is 13.4. The monoisotopic (exact) mass is 680 g/mol. The minimum atomic E-state index is -0.664. The fourth-order valence-electron chi connectivity index (χ4n) is 5.87. The number of ether oxygens (including phenoxy) is 8. The van der Waals surface area contributed by atoms with Gasteiger partial charge in [0.1, 0.15) is 25.4 Å². The van der Waals surface area contributed by atoms with Gasteiger partial charge in [-0.25, -0.2) is 0 Å². The van der Waals surface area contributed by atoms with Crippen molar-refractivity contribution in [2.45, 2.75) is 129 Å². The molecule has 1 fully saturated rings. The van der Waals surface area contributed by atoms with Gasteiger partial charge in [-0.3, -0.25) is 0 Å². The first kappa shape index (κ1) is 42.3. The first-order valence-corrected chi connectivity index (χ1v) is 17.4. The fraction of sp³-hybridized carbons (Fsp3) is 0.737. The predicted molar refractivity (Wildman–Crippen MR) is 187 cm³/mol. The van der Waals surface area contributed by atoms with Gasteiger partial charge in [0.15, 0.2) is 5.79 Å². The van der Waals surface area contributed by atoms with Gasteiger partial charge in [-0.1, -0.05) is 50.3 Å². The lowest BCUT2D eigenvalue weighted by atomic mass is 9.86. The lowest BCUT2D eigenvalue weighted by Crippen LogP contribution is -2.40. The first-order chi connectivity index (χ1) is 23.0. The van der Waals surface area contributed by atoms with E-state index in [-0.39, 0.29) is 55.9 Å². The van der Waals surface area contributed by atoms with Gasteiger partial charge in [0, 0.05) is 20.1 Å². The van der Waals surface area contributed by atoms with Crippen LogP contribution in [-0.4, -0.2) is 94.1 Å². The van der Waals surface area contributed by atoms with Crippen LogP contribution in [0.4, 0.5) is 0 Å². The maximum Gasteiger partial charge on any atom is 0.163 e. The number of rotatable bonds is 26. The maximum atomic E-state index is 10.9. The molecule has 1 aromatic carbocycles. The van der Waals surface area contributed by atoms with Crippen molar-refractivity contribution in [3.63, 3.8) is 0 Å². The number of aliphatic hydroxyl groups excluding tert-OH is 2. The molecule has 10 nitrogen and oxygen atoms in total. The van der Waals surface area contributed by atoms with Crippen LogP contribution in [0.1, 0.15) is 85.1 Å². The van der Waals surface area contributed by atoms with E-state index in [1.165, 1.54) is 0 Å². The quantitative estimate of drug-likeness (QED) is 0.0823. The average molecular weight is 681 g/mol. The molecule has 0 aliphatic carbocycles. The molecule has 8 atom stereocenters. The number of methoxy groups -OCH3 is 3. The Morgan fingerprint density at radius 1 is 0.833 bits per heavy atom. The van der Waals surface area contributed by atoms with Crippen LogP contribution in [0.3, 0.4) is 0 Å². The lowest BCUT2D eigenvalue weighted by molar-refractivity contribution is -0.166. The predicted octanol–water partition coefficient (Wildman–Crippen LogP) is 6.57. The molecule has 48 heavy (non-hydrogen) atoms.